The lowest BCUT2D eigenvalue weighted by atomic mass is 9.99. The van der Waals surface area contributed by atoms with Crippen LogP contribution in [-0.4, -0.2) is 84.9 Å². The summed E-state index contributed by atoms with van der Waals surface area (Å²) < 4.78 is 11.6. The molecular formula is C28H39N5O6. The number of carbonyl (C=O) groups excluding carboxylic acids is 3. The molecule has 11 nitrogen and oxygen atoms in total. The van der Waals surface area contributed by atoms with Gasteiger partial charge >= 0.3 is 12.1 Å². The summed E-state index contributed by atoms with van der Waals surface area (Å²) in [4.78, 5) is 42.3. The molecule has 2 aromatic rings. The summed E-state index contributed by atoms with van der Waals surface area (Å²) >= 11 is 0. The molecule has 0 bridgehead atoms. The molecule has 11 heteroatoms. The predicted molar refractivity (Wildman–Crippen MR) is 150 cm³/mol. The third-order valence-corrected chi connectivity index (χ3v) is 6.50. The lowest BCUT2D eigenvalue weighted by Crippen LogP contribution is -2.51. The molecule has 5 amide bonds. The number of urea groups is 2. The van der Waals surface area contributed by atoms with Crippen molar-refractivity contribution in [3.05, 3.63) is 48.0 Å². The molecule has 39 heavy (non-hydrogen) atoms. The van der Waals surface area contributed by atoms with Crippen LogP contribution in [0.5, 0.6) is 11.5 Å². The Bertz CT molecular complexity index is 1160. The Morgan fingerprint density at radius 1 is 1.15 bits per heavy atom. The van der Waals surface area contributed by atoms with E-state index in [9.17, 15) is 19.5 Å². The normalized spacial score (nSPS) is 17.7. The van der Waals surface area contributed by atoms with Gasteiger partial charge in [-0.25, -0.2) is 9.59 Å². The Balaban J connectivity index is 1.93. The Morgan fingerprint density at radius 3 is 2.46 bits per heavy atom. The van der Waals surface area contributed by atoms with Crippen molar-refractivity contribution in [2.75, 3.05) is 44.5 Å². The van der Waals surface area contributed by atoms with E-state index in [0.717, 1.165) is 0 Å². The number of fused-ring (bicyclic) bond motifs is 1. The molecule has 0 aromatic heterocycles. The van der Waals surface area contributed by atoms with Gasteiger partial charge in [0.15, 0.2) is 5.75 Å². The fraction of sp³-hybridized carbons (Fsp3) is 0.464. The first-order chi connectivity index (χ1) is 18.5. The zero-order chi connectivity index (χ0) is 28.7. The fourth-order valence-electron chi connectivity index (χ4n) is 4.23. The molecule has 0 radical (unpaired) electrons. The van der Waals surface area contributed by atoms with Gasteiger partial charge in [-0.3, -0.25) is 4.79 Å². The van der Waals surface area contributed by atoms with Gasteiger partial charge in [0.2, 0.25) is 0 Å². The minimum Gasteiger partial charge on any atom is -0.497 e. The lowest BCUT2D eigenvalue weighted by Gasteiger charge is -2.38. The van der Waals surface area contributed by atoms with Gasteiger partial charge in [0.05, 0.1) is 37.6 Å². The SMILES string of the molecule is COc1ccc(NC(=O)Nc2cccc3c2O[C@@H](CN(C)C(=O)NC(C)C)[C@H](C)CN([C@H](C)CO)C3=O)cc1. The third kappa shape index (κ3) is 7.53. The molecule has 0 spiro atoms. The highest BCUT2D eigenvalue weighted by atomic mass is 16.5. The quantitative estimate of drug-likeness (QED) is 0.404. The van der Waals surface area contributed by atoms with Crippen molar-refractivity contribution in [2.45, 2.75) is 45.9 Å². The second-order valence-electron chi connectivity index (χ2n) is 10.1. The van der Waals surface area contributed by atoms with E-state index in [1.54, 1.807) is 68.4 Å². The summed E-state index contributed by atoms with van der Waals surface area (Å²) in [7, 11) is 3.24. The molecule has 1 aliphatic heterocycles. The number of amides is 5. The first-order valence-electron chi connectivity index (χ1n) is 13.0. The number of aliphatic hydroxyl groups excluding tert-OH is 1. The minimum absolute atomic E-state index is 0.0325. The number of rotatable bonds is 8. The van der Waals surface area contributed by atoms with Crippen LogP contribution in [0.1, 0.15) is 38.1 Å². The lowest BCUT2D eigenvalue weighted by molar-refractivity contribution is 0.0368. The van der Waals surface area contributed by atoms with Gasteiger partial charge in [0, 0.05) is 31.2 Å². The smallest absolute Gasteiger partial charge is 0.323 e. The molecule has 0 fully saturated rings. The highest BCUT2D eigenvalue weighted by Gasteiger charge is 2.35. The summed E-state index contributed by atoms with van der Waals surface area (Å²) in [5.74, 6) is 0.344. The van der Waals surface area contributed by atoms with Crippen molar-refractivity contribution < 1.29 is 29.0 Å². The van der Waals surface area contributed by atoms with E-state index in [1.807, 2.05) is 20.8 Å². The van der Waals surface area contributed by atoms with Gasteiger partial charge in [0.25, 0.3) is 5.91 Å². The number of likely N-dealkylation sites (N-methyl/N-ethyl adjacent to an activating group) is 1. The van der Waals surface area contributed by atoms with Crippen molar-refractivity contribution >= 4 is 29.3 Å². The topological polar surface area (TPSA) is 132 Å². The average molecular weight is 542 g/mol. The summed E-state index contributed by atoms with van der Waals surface area (Å²) in [6, 6.07) is 10.6. The van der Waals surface area contributed by atoms with E-state index in [4.69, 9.17) is 9.47 Å². The summed E-state index contributed by atoms with van der Waals surface area (Å²) in [5.41, 5.74) is 1.11. The number of benzene rings is 2. The highest BCUT2D eigenvalue weighted by molar-refractivity contribution is 6.04. The maximum atomic E-state index is 13.6. The van der Waals surface area contributed by atoms with E-state index in [-0.39, 0.29) is 48.4 Å². The maximum absolute atomic E-state index is 13.6. The standard InChI is InChI=1S/C28H39N5O6/c1-17(2)29-28(37)32(5)15-24-18(3)14-33(19(4)16-34)26(35)22-8-7-9-23(25(22)39-24)31-27(36)30-20-10-12-21(38-6)13-11-20/h7-13,17-19,24,34H,14-16H2,1-6H3,(H,29,37)(H2,30,31,36)/t18-,19-,24+/m1/s1. The van der Waals surface area contributed by atoms with E-state index in [2.05, 4.69) is 16.0 Å². The van der Waals surface area contributed by atoms with Crippen molar-refractivity contribution in [3.63, 3.8) is 0 Å². The molecule has 3 rings (SSSR count). The van der Waals surface area contributed by atoms with Gasteiger partial charge in [-0.15, -0.1) is 0 Å². The number of hydrogen-bond donors (Lipinski definition) is 4. The molecular weight excluding hydrogens is 502 g/mol. The molecule has 212 valence electrons. The van der Waals surface area contributed by atoms with Crippen LogP contribution in [0.4, 0.5) is 21.0 Å². The van der Waals surface area contributed by atoms with E-state index in [1.165, 1.54) is 4.90 Å². The number of para-hydroxylation sites is 1. The molecule has 2 aromatic carbocycles. The average Bonchev–Trinajstić information content (AvgIpc) is 2.90. The second-order valence-corrected chi connectivity index (χ2v) is 10.1. The van der Waals surface area contributed by atoms with Gasteiger partial charge in [-0.2, -0.15) is 0 Å². The first kappa shape index (κ1) is 29.6. The first-order valence-corrected chi connectivity index (χ1v) is 13.0. The summed E-state index contributed by atoms with van der Waals surface area (Å²) in [6.45, 7) is 7.81. The molecule has 4 N–H and O–H groups in total. The predicted octanol–water partition coefficient (Wildman–Crippen LogP) is 3.61. The van der Waals surface area contributed by atoms with Crippen LogP contribution in [0.2, 0.25) is 0 Å². The van der Waals surface area contributed by atoms with Gasteiger partial charge < -0.3 is 40.3 Å². The van der Waals surface area contributed by atoms with E-state index < -0.39 is 18.2 Å². The van der Waals surface area contributed by atoms with Crippen LogP contribution in [-0.2, 0) is 0 Å². The van der Waals surface area contributed by atoms with Crippen molar-refractivity contribution in [2.24, 2.45) is 5.92 Å². The van der Waals surface area contributed by atoms with Crippen LogP contribution in [0, 0.1) is 5.92 Å². The van der Waals surface area contributed by atoms with Crippen LogP contribution in [0.3, 0.4) is 0 Å². The number of anilines is 2. The Morgan fingerprint density at radius 2 is 1.85 bits per heavy atom. The second kappa shape index (κ2) is 13.2. The number of nitrogens with one attached hydrogen (secondary N) is 3. The Hall–Kier alpha value is -3.99. The van der Waals surface area contributed by atoms with Gasteiger partial charge in [-0.1, -0.05) is 13.0 Å². The summed E-state index contributed by atoms with van der Waals surface area (Å²) in [5, 5.41) is 18.3. The van der Waals surface area contributed by atoms with Crippen LogP contribution < -0.4 is 25.4 Å². The zero-order valence-electron chi connectivity index (χ0n) is 23.4. The van der Waals surface area contributed by atoms with Gasteiger partial charge in [-0.05, 0) is 57.2 Å². The fourth-order valence-corrected chi connectivity index (χ4v) is 4.23. The molecule has 0 saturated carbocycles. The molecule has 3 atom stereocenters. The van der Waals surface area contributed by atoms with Crippen LogP contribution in [0.15, 0.2) is 42.5 Å². The molecule has 1 heterocycles. The highest BCUT2D eigenvalue weighted by Crippen LogP contribution is 2.35. The Kier molecular flexibility index (Phi) is 10.00. The van der Waals surface area contributed by atoms with Crippen molar-refractivity contribution in [1.29, 1.82) is 0 Å². The van der Waals surface area contributed by atoms with Crippen LogP contribution >= 0.6 is 0 Å². The molecule has 0 saturated heterocycles. The van der Waals surface area contributed by atoms with Crippen molar-refractivity contribution in [1.82, 2.24) is 15.1 Å². The van der Waals surface area contributed by atoms with E-state index in [0.29, 0.717) is 23.7 Å². The van der Waals surface area contributed by atoms with Gasteiger partial charge in [0.1, 0.15) is 11.9 Å². The van der Waals surface area contributed by atoms with E-state index >= 15 is 0 Å². The molecule has 1 aliphatic rings. The number of hydrogen-bond acceptors (Lipinski definition) is 6. The zero-order valence-corrected chi connectivity index (χ0v) is 23.4. The number of nitrogens with zero attached hydrogens (tertiary/aromatic N) is 2. The van der Waals surface area contributed by atoms with Crippen LogP contribution in [0.25, 0.3) is 0 Å². The largest absolute Gasteiger partial charge is 0.497 e. The molecule has 0 aliphatic carbocycles. The van der Waals surface area contributed by atoms with Crippen molar-refractivity contribution in [3.8, 4) is 11.5 Å². The number of aliphatic hydroxyl groups is 1. The minimum atomic E-state index is -0.523. The molecule has 0 unspecified atom stereocenters. The summed E-state index contributed by atoms with van der Waals surface area (Å²) in [6.07, 6.45) is -0.513. The Labute approximate surface area is 229 Å². The third-order valence-electron chi connectivity index (χ3n) is 6.50. The maximum Gasteiger partial charge on any atom is 0.323 e. The number of carbonyl (C=O) groups is 3. The monoisotopic (exact) mass is 541 g/mol. The number of ether oxygens (including phenoxy) is 2. The number of methoxy groups -OCH3 is 1.